The lowest BCUT2D eigenvalue weighted by atomic mass is 9.85. The van der Waals surface area contributed by atoms with Gasteiger partial charge in [0.25, 0.3) is 0 Å². The predicted molar refractivity (Wildman–Crippen MR) is 87.2 cm³/mol. The zero-order valence-corrected chi connectivity index (χ0v) is 13.8. The number of hydrogen-bond acceptors (Lipinski definition) is 2. The van der Waals surface area contributed by atoms with Crippen molar-refractivity contribution in [2.45, 2.75) is 90.4 Å². The van der Waals surface area contributed by atoms with E-state index in [1.807, 2.05) is 0 Å². The third kappa shape index (κ3) is 8.90. The van der Waals surface area contributed by atoms with Gasteiger partial charge in [-0.15, -0.1) is 0 Å². The average molecular weight is 295 g/mol. The van der Waals surface area contributed by atoms with E-state index in [2.05, 4.69) is 12.2 Å². The molecule has 1 N–H and O–H groups in total. The van der Waals surface area contributed by atoms with Gasteiger partial charge in [-0.25, -0.2) is 0 Å². The van der Waals surface area contributed by atoms with Crippen molar-refractivity contribution in [1.82, 2.24) is 5.32 Å². The van der Waals surface area contributed by atoms with E-state index in [9.17, 15) is 9.59 Å². The lowest BCUT2D eigenvalue weighted by Gasteiger charge is -2.20. The molecule has 0 aromatic carbocycles. The summed E-state index contributed by atoms with van der Waals surface area (Å²) in [6.07, 6.45) is 13.9. The first kappa shape index (κ1) is 18.2. The van der Waals surface area contributed by atoms with Gasteiger partial charge in [0.1, 0.15) is 5.78 Å². The number of nitrogens with one attached hydrogen (secondary N) is 1. The Kier molecular flexibility index (Phi) is 10.2. The molecule has 0 aromatic rings. The molecule has 0 atom stereocenters. The van der Waals surface area contributed by atoms with E-state index in [4.69, 9.17) is 0 Å². The Morgan fingerprint density at radius 2 is 1.62 bits per heavy atom. The zero-order valence-electron chi connectivity index (χ0n) is 13.8. The van der Waals surface area contributed by atoms with E-state index >= 15 is 0 Å². The number of Topliss-reactive ketones (excluding diaryl/α,β-unsaturated/α-hetero) is 1. The number of rotatable bonds is 11. The van der Waals surface area contributed by atoms with Crippen molar-refractivity contribution in [2.75, 3.05) is 6.54 Å². The van der Waals surface area contributed by atoms with Gasteiger partial charge < -0.3 is 5.32 Å². The van der Waals surface area contributed by atoms with Crippen LogP contribution in [0, 0.1) is 5.92 Å². The smallest absolute Gasteiger partial charge is 0.219 e. The molecule has 122 valence electrons. The molecule has 0 radical (unpaired) electrons. The second-order valence-electron chi connectivity index (χ2n) is 6.42. The number of ketones is 1. The third-order valence-electron chi connectivity index (χ3n) is 4.49. The number of carbonyl (C=O) groups is 2. The van der Waals surface area contributed by atoms with Crippen LogP contribution in [0.2, 0.25) is 0 Å². The highest BCUT2D eigenvalue weighted by atomic mass is 16.1. The molecule has 0 aromatic heterocycles. The van der Waals surface area contributed by atoms with Crippen molar-refractivity contribution in [2.24, 2.45) is 5.92 Å². The minimum absolute atomic E-state index is 0.150. The fraction of sp³-hybridized carbons (Fsp3) is 0.889. The highest BCUT2D eigenvalue weighted by Crippen LogP contribution is 2.25. The minimum Gasteiger partial charge on any atom is -0.356 e. The van der Waals surface area contributed by atoms with Crippen LogP contribution in [0.1, 0.15) is 90.4 Å². The van der Waals surface area contributed by atoms with Gasteiger partial charge >= 0.3 is 0 Å². The Morgan fingerprint density at radius 3 is 2.33 bits per heavy atom. The molecule has 0 unspecified atom stereocenters. The molecule has 1 fully saturated rings. The van der Waals surface area contributed by atoms with Gasteiger partial charge in [-0.05, 0) is 25.7 Å². The normalized spacial score (nSPS) is 15.9. The monoisotopic (exact) mass is 295 g/mol. The first-order chi connectivity index (χ1) is 10.2. The minimum atomic E-state index is 0.150. The topological polar surface area (TPSA) is 46.2 Å². The molecule has 3 heteroatoms. The molecule has 1 aliphatic rings. The summed E-state index contributed by atoms with van der Waals surface area (Å²) in [6, 6.07) is 0. The van der Waals surface area contributed by atoms with Gasteiger partial charge in [0.2, 0.25) is 5.91 Å². The van der Waals surface area contributed by atoms with E-state index < -0.39 is 0 Å². The highest BCUT2D eigenvalue weighted by Gasteiger charge is 2.20. The Bertz CT molecular complexity index is 296. The second kappa shape index (κ2) is 11.8. The first-order valence-electron chi connectivity index (χ1n) is 9.03. The Balaban J connectivity index is 1.95. The summed E-state index contributed by atoms with van der Waals surface area (Å²) in [5, 5.41) is 2.94. The van der Waals surface area contributed by atoms with E-state index in [0.29, 0.717) is 31.1 Å². The summed E-state index contributed by atoms with van der Waals surface area (Å²) >= 11 is 0. The Hall–Kier alpha value is -0.860. The van der Waals surface area contributed by atoms with Crippen molar-refractivity contribution in [3.8, 4) is 0 Å². The molecule has 1 aliphatic carbocycles. The number of hydrogen-bond donors (Lipinski definition) is 1. The fourth-order valence-electron chi connectivity index (χ4n) is 3.10. The lowest BCUT2D eigenvalue weighted by Crippen LogP contribution is -2.25. The summed E-state index contributed by atoms with van der Waals surface area (Å²) in [4.78, 5) is 23.6. The van der Waals surface area contributed by atoms with Crippen LogP contribution in [0.25, 0.3) is 0 Å². The maximum absolute atomic E-state index is 12.0. The van der Waals surface area contributed by atoms with Crippen LogP contribution in [0.4, 0.5) is 0 Å². The van der Waals surface area contributed by atoms with Crippen LogP contribution in [0.5, 0.6) is 0 Å². The summed E-state index contributed by atoms with van der Waals surface area (Å²) in [5.74, 6) is 0.883. The molecule has 0 saturated heterocycles. The van der Waals surface area contributed by atoms with Crippen LogP contribution in [-0.2, 0) is 9.59 Å². The second-order valence-corrected chi connectivity index (χ2v) is 6.42. The molecule has 0 aliphatic heterocycles. The summed E-state index contributed by atoms with van der Waals surface area (Å²) in [5.41, 5.74) is 0. The maximum Gasteiger partial charge on any atom is 0.219 e. The fourth-order valence-corrected chi connectivity index (χ4v) is 3.10. The quantitative estimate of drug-likeness (QED) is 0.574. The number of carbonyl (C=O) groups excluding carboxylic acids is 2. The van der Waals surface area contributed by atoms with Crippen molar-refractivity contribution < 1.29 is 9.59 Å². The van der Waals surface area contributed by atoms with Crippen molar-refractivity contribution >= 4 is 11.7 Å². The van der Waals surface area contributed by atoms with Crippen LogP contribution >= 0.6 is 0 Å². The molecule has 1 rings (SSSR count). The van der Waals surface area contributed by atoms with Crippen molar-refractivity contribution in [1.29, 1.82) is 0 Å². The van der Waals surface area contributed by atoms with Crippen LogP contribution < -0.4 is 5.32 Å². The van der Waals surface area contributed by atoms with Crippen molar-refractivity contribution in [3.63, 3.8) is 0 Å². The van der Waals surface area contributed by atoms with E-state index in [0.717, 1.165) is 32.1 Å². The Morgan fingerprint density at radius 1 is 0.905 bits per heavy atom. The number of unbranched alkanes of at least 4 members (excludes halogenated alkanes) is 4. The molecule has 21 heavy (non-hydrogen) atoms. The van der Waals surface area contributed by atoms with Gasteiger partial charge in [0.05, 0.1) is 0 Å². The highest BCUT2D eigenvalue weighted by molar-refractivity contribution is 5.81. The Labute approximate surface area is 130 Å². The zero-order chi connectivity index (χ0) is 15.3. The molecular formula is C18H33NO2. The molecule has 1 saturated carbocycles. The largest absolute Gasteiger partial charge is 0.356 e. The van der Waals surface area contributed by atoms with E-state index in [-0.39, 0.29) is 5.91 Å². The molecular weight excluding hydrogens is 262 g/mol. The summed E-state index contributed by atoms with van der Waals surface area (Å²) < 4.78 is 0. The van der Waals surface area contributed by atoms with E-state index in [1.165, 1.54) is 38.5 Å². The lowest BCUT2D eigenvalue weighted by molar-refractivity contribution is -0.124. The molecule has 1 amide bonds. The predicted octanol–water partition coefficient (Wildman–Crippen LogP) is 4.39. The maximum atomic E-state index is 12.0. The van der Waals surface area contributed by atoms with Crippen LogP contribution in [-0.4, -0.2) is 18.2 Å². The SMILES string of the molecule is CCCCCCCC(=O)NCCCC(=O)C1CCCCC1. The van der Waals surface area contributed by atoms with Gasteiger partial charge in [-0.1, -0.05) is 51.9 Å². The summed E-state index contributed by atoms with van der Waals surface area (Å²) in [6.45, 7) is 2.85. The van der Waals surface area contributed by atoms with Gasteiger partial charge in [-0.2, -0.15) is 0 Å². The third-order valence-corrected chi connectivity index (χ3v) is 4.49. The first-order valence-corrected chi connectivity index (χ1v) is 9.03. The van der Waals surface area contributed by atoms with Gasteiger partial charge in [-0.3, -0.25) is 9.59 Å². The van der Waals surface area contributed by atoms with Gasteiger partial charge in [0.15, 0.2) is 0 Å². The van der Waals surface area contributed by atoms with Crippen molar-refractivity contribution in [3.05, 3.63) is 0 Å². The molecule has 0 spiro atoms. The van der Waals surface area contributed by atoms with Crippen LogP contribution in [0.15, 0.2) is 0 Å². The molecule has 0 bridgehead atoms. The van der Waals surface area contributed by atoms with Gasteiger partial charge in [0, 0.05) is 25.3 Å². The number of amides is 1. The van der Waals surface area contributed by atoms with Crippen LogP contribution in [0.3, 0.4) is 0 Å². The average Bonchev–Trinajstić information content (AvgIpc) is 2.52. The molecule has 3 nitrogen and oxygen atoms in total. The summed E-state index contributed by atoms with van der Waals surface area (Å²) in [7, 11) is 0. The standard InChI is InChI=1S/C18H33NO2/c1-2-3-4-5-9-14-18(21)19-15-10-13-17(20)16-11-7-6-8-12-16/h16H,2-15H2,1H3,(H,19,21). The van der Waals surface area contributed by atoms with E-state index in [1.54, 1.807) is 0 Å². The molecule has 0 heterocycles.